The number of aliphatic hydroxyl groups is 2. The summed E-state index contributed by atoms with van der Waals surface area (Å²) in [4.78, 5) is 0. The smallest absolute Gasteiger partial charge is 0.124 e. The van der Waals surface area contributed by atoms with Crippen LogP contribution in [-0.4, -0.2) is 49.4 Å². The highest BCUT2D eigenvalue weighted by atomic mass is 16.5. The summed E-state index contributed by atoms with van der Waals surface area (Å²) >= 11 is 0. The van der Waals surface area contributed by atoms with Gasteiger partial charge in [0.25, 0.3) is 0 Å². The Bertz CT molecular complexity index is 860. The Morgan fingerprint density at radius 2 is 1.40 bits per heavy atom. The molecule has 2 aromatic rings. The molecule has 1 heterocycles. The maximum atomic E-state index is 9.61. The normalized spacial score (nSPS) is 15.5. The first-order valence-electron chi connectivity index (χ1n) is 13.6. The Labute approximate surface area is 211 Å². The van der Waals surface area contributed by atoms with Gasteiger partial charge in [0.1, 0.15) is 17.6 Å². The molecule has 1 aliphatic rings. The van der Waals surface area contributed by atoms with Crippen LogP contribution in [0.2, 0.25) is 0 Å². The van der Waals surface area contributed by atoms with Gasteiger partial charge in [0.05, 0.1) is 19.8 Å². The lowest BCUT2D eigenvalue weighted by atomic mass is 9.98. The van der Waals surface area contributed by atoms with Crippen molar-refractivity contribution < 1.29 is 24.4 Å². The van der Waals surface area contributed by atoms with Crippen molar-refractivity contribution in [2.75, 3.05) is 33.0 Å². The van der Waals surface area contributed by atoms with E-state index in [1.54, 1.807) is 0 Å². The molecule has 5 nitrogen and oxygen atoms in total. The van der Waals surface area contributed by atoms with Gasteiger partial charge in [0, 0.05) is 19.6 Å². The Hall–Kier alpha value is -2.08. The Balaban J connectivity index is 1.60. The maximum Gasteiger partial charge on any atom is 0.124 e. The van der Waals surface area contributed by atoms with Crippen molar-refractivity contribution in [2.24, 2.45) is 0 Å². The van der Waals surface area contributed by atoms with Crippen LogP contribution in [0, 0.1) is 0 Å². The van der Waals surface area contributed by atoms with Gasteiger partial charge in [-0.15, -0.1) is 0 Å². The lowest BCUT2D eigenvalue weighted by Gasteiger charge is -2.17. The minimum atomic E-state index is 0.0717. The molecule has 194 valence electrons. The molecule has 0 saturated carbocycles. The zero-order valence-electron chi connectivity index (χ0n) is 21.5. The van der Waals surface area contributed by atoms with Crippen LogP contribution in [0.4, 0.5) is 0 Å². The second kappa shape index (κ2) is 15.8. The third-order valence-electron chi connectivity index (χ3n) is 6.65. The Morgan fingerprint density at radius 3 is 2.00 bits per heavy atom. The van der Waals surface area contributed by atoms with Gasteiger partial charge in [-0.25, -0.2) is 0 Å². The van der Waals surface area contributed by atoms with Gasteiger partial charge in [-0.2, -0.15) is 0 Å². The van der Waals surface area contributed by atoms with Crippen LogP contribution in [0.25, 0.3) is 11.1 Å². The lowest BCUT2D eigenvalue weighted by molar-refractivity contribution is 0.140. The van der Waals surface area contributed by atoms with E-state index in [1.807, 2.05) is 12.1 Å². The average Bonchev–Trinajstić information content (AvgIpc) is 3.38. The van der Waals surface area contributed by atoms with Gasteiger partial charge in [0.2, 0.25) is 0 Å². The van der Waals surface area contributed by atoms with Crippen LogP contribution in [-0.2, 0) is 17.6 Å². The summed E-state index contributed by atoms with van der Waals surface area (Å²) in [5, 5.41) is 19.2. The third-order valence-corrected chi connectivity index (χ3v) is 6.65. The number of aliphatic hydroxyl groups excluding tert-OH is 2. The third kappa shape index (κ3) is 9.14. The van der Waals surface area contributed by atoms with Crippen molar-refractivity contribution in [3.05, 3.63) is 47.5 Å². The predicted molar refractivity (Wildman–Crippen MR) is 141 cm³/mol. The Kier molecular flexibility index (Phi) is 12.4. The SMILES string of the molecule is CCCCCCCCCCOc1ccc(-c2ccc(OC3CCOC3)c(CCO)c2)cc1CCO. The van der Waals surface area contributed by atoms with E-state index < -0.39 is 0 Å². The van der Waals surface area contributed by atoms with Gasteiger partial charge in [-0.3, -0.25) is 0 Å². The highest BCUT2D eigenvalue weighted by Gasteiger charge is 2.19. The van der Waals surface area contributed by atoms with Gasteiger partial charge in [-0.05, 0) is 65.8 Å². The summed E-state index contributed by atoms with van der Waals surface area (Å²) in [7, 11) is 0. The van der Waals surface area contributed by atoms with Crippen LogP contribution < -0.4 is 9.47 Å². The van der Waals surface area contributed by atoms with E-state index in [0.29, 0.717) is 26.1 Å². The molecule has 0 bridgehead atoms. The van der Waals surface area contributed by atoms with Crippen molar-refractivity contribution in [2.45, 2.75) is 83.7 Å². The first-order chi connectivity index (χ1) is 17.2. The summed E-state index contributed by atoms with van der Waals surface area (Å²) in [6.07, 6.45) is 12.3. The van der Waals surface area contributed by atoms with Gasteiger partial charge < -0.3 is 24.4 Å². The maximum absolute atomic E-state index is 9.61. The monoisotopic (exact) mass is 484 g/mol. The molecule has 2 N–H and O–H groups in total. The molecule has 0 aliphatic carbocycles. The standard InChI is InChI=1S/C30H44O5/c1-2-3-4-5-6-7-8-9-19-34-29-12-10-24(21-26(29)14-17-31)25-11-13-30(27(22-25)15-18-32)35-28-16-20-33-23-28/h10-13,21-22,28,31-32H,2-9,14-20,23H2,1H3. The number of hydrogen-bond acceptors (Lipinski definition) is 5. The number of ether oxygens (including phenoxy) is 3. The quantitative estimate of drug-likeness (QED) is 0.265. The van der Waals surface area contributed by atoms with E-state index >= 15 is 0 Å². The molecule has 0 spiro atoms. The molecule has 0 aromatic heterocycles. The molecule has 3 rings (SSSR count). The van der Waals surface area contributed by atoms with Crippen molar-refractivity contribution in [3.63, 3.8) is 0 Å². The number of hydrogen-bond donors (Lipinski definition) is 2. The fourth-order valence-electron chi connectivity index (χ4n) is 4.61. The summed E-state index contributed by atoms with van der Waals surface area (Å²) in [5.74, 6) is 1.68. The molecular formula is C30H44O5. The first kappa shape index (κ1) is 27.5. The molecule has 2 aromatic carbocycles. The highest BCUT2D eigenvalue weighted by Crippen LogP contribution is 2.32. The molecule has 1 fully saturated rings. The van der Waals surface area contributed by atoms with Crippen LogP contribution in [0.3, 0.4) is 0 Å². The summed E-state index contributed by atoms with van der Waals surface area (Å²) in [6.45, 7) is 4.47. The van der Waals surface area contributed by atoms with Crippen LogP contribution in [0.1, 0.15) is 75.8 Å². The number of benzene rings is 2. The van der Waals surface area contributed by atoms with E-state index in [-0.39, 0.29) is 19.3 Å². The molecule has 1 saturated heterocycles. The van der Waals surface area contributed by atoms with Crippen molar-refractivity contribution >= 4 is 0 Å². The number of unbranched alkanes of at least 4 members (excludes halogenated alkanes) is 7. The van der Waals surface area contributed by atoms with Gasteiger partial charge in [-0.1, -0.05) is 64.0 Å². The van der Waals surface area contributed by atoms with E-state index in [0.717, 1.165) is 53.2 Å². The Morgan fingerprint density at radius 1 is 0.800 bits per heavy atom. The predicted octanol–water partition coefficient (Wildman–Crippen LogP) is 6.11. The van der Waals surface area contributed by atoms with E-state index in [1.165, 1.54) is 44.9 Å². The highest BCUT2D eigenvalue weighted by molar-refractivity contribution is 5.68. The van der Waals surface area contributed by atoms with Gasteiger partial charge >= 0.3 is 0 Å². The zero-order chi connectivity index (χ0) is 24.7. The van der Waals surface area contributed by atoms with Gasteiger partial charge in [0.15, 0.2) is 0 Å². The molecule has 1 aliphatic heterocycles. The van der Waals surface area contributed by atoms with Crippen LogP contribution in [0.5, 0.6) is 11.5 Å². The van der Waals surface area contributed by atoms with Crippen LogP contribution >= 0.6 is 0 Å². The minimum absolute atomic E-state index is 0.0717. The average molecular weight is 485 g/mol. The molecule has 35 heavy (non-hydrogen) atoms. The zero-order valence-corrected chi connectivity index (χ0v) is 21.5. The largest absolute Gasteiger partial charge is 0.493 e. The fraction of sp³-hybridized carbons (Fsp3) is 0.600. The van der Waals surface area contributed by atoms with E-state index in [2.05, 4.69) is 31.2 Å². The van der Waals surface area contributed by atoms with E-state index in [4.69, 9.17) is 14.2 Å². The number of rotatable bonds is 17. The molecule has 1 unspecified atom stereocenters. The summed E-state index contributed by atoms with van der Waals surface area (Å²) in [6, 6.07) is 12.4. The topological polar surface area (TPSA) is 68.2 Å². The lowest BCUT2D eigenvalue weighted by Crippen LogP contribution is -2.16. The minimum Gasteiger partial charge on any atom is -0.493 e. The molecule has 1 atom stereocenters. The first-order valence-corrected chi connectivity index (χ1v) is 13.6. The van der Waals surface area contributed by atoms with Crippen molar-refractivity contribution in [3.8, 4) is 22.6 Å². The second-order valence-electron chi connectivity index (χ2n) is 9.52. The van der Waals surface area contributed by atoms with Crippen molar-refractivity contribution in [1.29, 1.82) is 0 Å². The molecule has 0 amide bonds. The molecule has 0 radical (unpaired) electrons. The van der Waals surface area contributed by atoms with Crippen molar-refractivity contribution in [1.82, 2.24) is 0 Å². The van der Waals surface area contributed by atoms with E-state index in [9.17, 15) is 10.2 Å². The second-order valence-corrected chi connectivity index (χ2v) is 9.52. The van der Waals surface area contributed by atoms with Crippen LogP contribution in [0.15, 0.2) is 36.4 Å². The summed E-state index contributed by atoms with van der Waals surface area (Å²) < 4.78 is 17.7. The molecular weight excluding hydrogens is 440 g/mol. The fourth-order valence-corrected chi connectivity index (χ4v) is 4.61. The molecule has 5 heteroatoms. The summed E-state index contributed by atoms with van der Waals surface area (Å²) in [5.41, 5.74) is 4.16.